The van der Waals surface area contributed by atoms with Gasteiger partial charge in [-0.1, -0.05) is 19.4 Å². The molecule has 19 heavy (non-hydrogen) atoms. The summed E-state index contributed by atoms with van der Waals surface area (Å²) < 4.78 is 0. The van der Waals surface area contributed by atoms with E-state index in [1.165, 1.54) is 22.7 Å². The minimum Gasteiger partial charge on any atom is -0.366 e. The molecule has 2 aromatic rings. The highest BCUT2D eigenvalue weighted by atomic mass is 32.1. The molecule has 0 saturated carbocycles. The summed E-state index contributed by atoms with van der Waals surface area (Å²) in [6, 6.07) is 5.32. The van der Waals surface area contributed by atoms with Gasteiger partial charge in [-0.3, -0.25) is 9.59 Å². The summed E-state index contributed by atoms with van der Waals surface area (Å²) in [4.78, 5) is 25.0. The monoisotopic (exact) mass is 294 g/mol. The molecule has 6 heteroatoms. The van der Waals surface area contributed by atoms with Gasteiger partial charge in [-0.25, -0.2) is 0 Å². The molecule has 2 heterocycles. The minimum atomic E-state index is -0.514. The van der Waals surface area contributed by atoms with Crippen molar-refractivity contribution >= 4 is 39.5 Å². The van der Waals surface area contributed by atoms with Gasteiger partial charge in [0.15, 0.2) is 0 Å². The Morgan fingerprint density at radius 3 is 2.79 bits per heavy atom. The number of amides is 2. The van der Waals surface area contributed by atoms with E-state index >= 15 is 0 Å². The SMILES string of the molecule is CCCc1cc(C(N)=O)c(NC(=O)c2cccs2)s1. The van der Waals surface area contributed by atoms with Crippen LogP contribution >= 0.6 is 22.7 Å². The molecule has 4 nitrogen and oxygen atoms in total. The van der Waals surface area contributed by atoms with Gasteiger partial charge in [0, 0.05) is 4.88 Å². The molecule has 2 rings (SSSR count). The predicted molar refractivity (Wildman–Crippen MR) is 79.1 cm³/mol. The summed E-state index contributed by atoms with van der Waals surface area (Å²) in [6.07, 6.45) is 1.86. The van der Waals surface area contributed by atoms with Crippen LogP contribution in [0.25, 0.3) is 0 Å². The Labute approximate surface area is 119 Å². The highest BCUT2D eigenvalue weighted by Gasteiger charge is 2.16. The lowest BCUT2D eigenvalue weighted by Gasteiger charge is -2.02. The molecule has 100 valence electrons. The maximum Gasteiger partial charge on any atom is 0.266 e. The van der Waals surface area contributed by atoms with E-state index in [2.05, 4.69) is 12.2 Å². The number of hydrogen-bond donors (Lipinski definition) is 2. The first-order chi connectivity index (χ1) is 9.11. The normalized spacial score (nSPS) is 10.4. The number of carbonyl (C=O) groups excluding carboxylic acids is 2. The third-order valence-electron chi connectivity index (χ3n) is 2.52. The molecule has 2 aromatic heterocycles. The molecule has 0 unspecified atom stereocenters. The topological polar surface area (TPSA) is 72.2 Å². The van der Waals surface area contributed by atoms with E-state index in [1.807, 2.05) is 11.4 Å². The van der Waals surface area contributed by atoms with Crippen molar-refractivity contribution in [2.24, 2.45) is 5.73 Å². The summed E-state index contributed by atoms with van der Waals surface area (Å²) >= 11 is 2.77. The fourth-order valence-electron chi connectivity index (χ4n) is 1.66. The molecule has 0 saturated heterocycles. The number of aryl methyl sites for hydroxylation is 1. The number of carbonyl (C=O) groups is 2. The maximum absolute atomic E-state index is 12.0. The molecule has 0 radical (unpaired) electrons. The molecule has 0 fully saturated rings. The Kier molecular flexibility index (Phi) is 4.34. The Balaban J connectivity index is 2.23. The first-order valence-corrected chi connectivity index (χ1v) is 7.58. The molecule has 2 amide bonds. The average molecular weight is 294 g/mol. The number of nitrogens with one attached hydrogen (secondary N) is 1. The van der Waals surface area contributed by atoms with Crippen molar-refractivity contribution in [1.29, 1.82) is 0 Å². The van der Waals surface area contributed by atoms with Gasteiger partial charge in [-0.15, -0.1) is 22.7 Å². The molecule has 0 aliphatic rings. The molecular formula is C13H14N2O2S2. The fraction of sp³-hybridized carbons (Fsp3) is 0.231. The van der Waals surface area contributed by atoms with E-state index in [-0.39, 0.29) is 5.91 Å². The Morgan fingerprint density at radius 1 is 1.42 bits per heavy atom. The van der Waals surface area contributed by atoms with Crippen molar-refractivity contribution in [2.75, 3.05) is 5.32 Å². The van der Waals surface area contributed by atoms with Crippen molar-refractivity contribution in [3.05, 3.63) is 38.9 Å². The van der Waals surface area contributed by atoms with Crippen molar-refractivity contribution in [3.63, 3.8) is 0 Å². The second kappa shape index (κ2) is 5.99. The zero-order valence-electron chi connectivity index (χ0n) is 10.4. The van der Waals surface area contributed by atoms with Crippen LogP contribution in [0.4, 0.5) is 5.00 Å². The van der Waals surface area contributed by atoms with E-state index in [0.717, 1.165) is 17.7 Å². The number of thiophene rings is 2. The van der Waals surface area contributed by atoms with Gasteiger partial charge in [0.25, 0.3) is 11.8 Å². The summed E-state index contributed by atoms with van der Waals surface area (Å²) in [7, 11) is 0. The van der Waals surface area contributed by atoms with Gasteiger partial charge < -0.3 is 11.1 Å². The van der Waals surface area contributed by atoms with Crippen LogP contribution in [0.1, 0.15) is 38.3 Å². The van der Waals surface area contributed by atoms with Crippen LogP contribution in [0.5, 0.6) is 0 Å². The zero-order valence-corrected chi connectivity index (χ0v) is 12.1. The summed E-state index contributed by atoms with van der Waals surface area (Å²) in [5, 5.41) is 5.13. The molecule has 0 atom stereocenters. The van der Waals surface area contributed by atoms with E-state index in [4.69, 9.17) is 5.73 Å². The molecule has 0 aliphatic carbocycles. The Bertz CT molecular complexity index is 588. The van der Waals surface area contributed by atoms with E-state index in [1.54, 1.807) is 12.1 Å². The first-order valence-electron chi connectivity index (χ1n) is 5.89. The van der Waals surface area contributed by atoms with E-state index in [9.17, 15) is 9.59 Å². The van der Waals surface area contributed by atoms with Crippen molar-refractivity contribution in [1.82, 2.24) is 0 Å². The van der Waals surface area contributed by atoms with Gasteiger partial charge >= 0.3 is 0 Å². The summed E-state index contributed by atoms with van der Waals surface area (Å²) in [5.41, 5.74) is 5.72. The van der Waals surface area contributed by atoms with Crippen LogP contribution in [-0.2, 0) is 6.42 Å². The van der Waals surface area contributed by atoms with Crippen LogP contribution in [0.2, 0.25) is 0 Å². The second-order valence-electron chi connectivity index (χ2n) is 4.00. The number of nitrogens with two attached hydrogens (primary N) is 1. The standard InChI is InChI=1S/C13H14N2O2S2/c1-2-4-8-7-9(11(14)16)13(19-8)15-12(17)10-5-3-6-18-10/h3,5-7H,2,4H2,1H3,(H2,14,16)(H,15,17). The average Bonchev–Trinajstić information content (AvgIpc) is 2.98. The van der Waals surface area contributed by atoms with Crippen LogP contribution in [0.15, 0.2) is 23.6 Å². The second-order valence-corrected chi connectivity index (χ2v) is 6.09. The van der Waals surface area contributed by atoms with Gasteiger partial charge in [-0.2, -0.15) is 0 Å². The van der Waals surface area contributed by atoms with Crippen LogP contribution in [0, 0.1) is 0 Å². The summed E-state index contributed by atoms with van der Waals surface area (Å²) in [6.45, 7) is 2.06. The molecular weight excluding hydrogens is 280 g/mol. The lowest BCUT2D eigenvalue weighted by Crippen LogP contribution is -2.15. The van der Waals surface area contributed by atoms with Gasteiger partial charge in [0.2, 0.25) is 0 Å². The van der Waals surface area contributed by atoms with Crippen molar-refractivity contribution < 1.29 is 9.59 Å². The predicted octanol–water partition coefficient (Wildman–Crippen LogP) is 3.11. The number of rotatable bonds is 5. The molecule has 0 aromatic carbocycles. The lowest BCUT2D eigenvalue weighted by molar-refractivity contribution is 0.100. The van der Waals surface area contributed by atoms with Gasteiger partial charge in [0.1, 0.15) is 5.00 Å². The van der Waals surface area contributed by atoms with Gasteiger partial charge in [-0.05, 0) is 23.9 Å². The number of primary amides is 1. The van der Waals surface area contributed by atoms with E-state index in [0.29, 0.717) is 15.4 Å². The summed E-state index contributed by atoms with van der Waals surface area (Å²) in [5.74, 6) is -0.720. The highest BCUT2D eigenvalue weighted by molar-refractivity contribution is 7.17. The van der Waals surface area contributed by atoms with Crippen molar-refractivity contribution in [2.45, 2.75) is 19.8 Å². The molecule has 0 spiro atoms. The lowest BCUT2D eigenvalue weighted by atomic mass is 10.2. The molecule has 0 aliphatic heterocycles. The zero-order chi connectivity index (χ0) is 13.8. The third kappa shape index (κ3) is 3.21. The third-order valence-corrected chi connectivity index (χ3v) is 4.50. The van der Waals surface area contributed by atoms with Gasteiger partial charge in [0.05, 0.1) is 10.4 Å². The smallest absolute Gasteiger partial charge is 0.266 e. The van der Waals surface area contributed by atoms with Crippen molar-refractivity contribution in [3.8, 4) is 0 Å². The molecule has 0 bridgehead atoms. The quantitative estimate of drug-likeness (QED) is 0.889. The minimum absolute atomic E-state index is 0.206. The number of hydrogen-bond acceptors (Lipinski definition) is 4. The largest absolute Gasteiger partial charge is 0.366 e. The van der Waals surface area contributed by atoms with Crippen LogP contribution in [0.3, 0.4) is 0 Å². The molecule has 3 N–H and O–H groups in total. The van der Waals surface area contributed by atoms with Crippen LogP contribution < -0.4 is 11.1 Å². The van der Waals surface area contributed by atoms with Crippen LogP contribution in [-0.4, -0.2) is 11.8 Å². The van der Waals surface area contributed by atoms with E-state index < -0.39 is 5.91 Å². The maximum atomic E-state index is 12.0. The number of anilines is 1. The highest BCUT2D eigenvalue weighted by Crippen LogP contribution is 2.29. The Hall–Kier alpha value is -1.66. The Morgan fingerprint density at radius 2 is 2.21 bits per heavy atom. The fourth-order valence-corrected chi connectivity index (χ4v) is 3.44. The first kappa shape index (κ1) is 13.8.